The van der Waals surface area contributed by atoms with Gasteiger partial charge in [0.1, 0.15) is 0 Å². The van der Waals surface area contributed by atoms with Crippen LogP contribution in [0.3, 0.4) is 0 Å². The average molecular weight is 453 g/mol. The highest BCUT2D eigenvalue weighted by molar-refractivity contribution is 8.00. The third-order valence-electron chi connectivity index (χ3n) is 5.68. The molecule has 0 fully saturated rings. The maximum atomic E-state index is 13.3. The lowest BCUT2D eigenvalue weighted by Crippen LogP contribution is -2.34. The Balaban J connectivity index is 1.86. The van der Waals surface area contributed by atoms with Gasteiger partial charge in [-0.05, 0) is 57.2 Å². The number of aromatic nitrogens is 2. The van der Waals surface area contributed by atoms with Crippen LogP contribution in [0.25, 0.3) is 10.9 Å². The number of para-hydroxylation sites is 2. The van der Waals surface area contributed by atoms with Crippen LogP contribution in [-0.2, 0) is 11.3 Å². The van der Waals surface area contributed by atoms with Crippen molar-refractivity contribution in [2.75, 3.05) is 31.6 Å². The summed E-state index contributed by atoms with van der Waals surface area (Å²) >= 11 is 1.35. The SMILES string of the molecule is CCN(CC)CCCn1c(SC(C)C(=O)N(C)c2ccccc2)nc2ccccc2c1=O. The van der Waals surface area contributed by atoms with Crippen molar-refractivity contribution in [2.24, 2.45) is 0 Å². The molecule has 2 aromatic carbocycles. The van der Waals surface area contributed by atoms with Crippen molar-refractivity contribution >= 4 is 34.3 Å². The Hall–Kier alpha value is -2.64. The Morgan fingerprint density at radius 1 is 1.06 bits per heavy atom. The molecule has 32 heavy (non-hydrogen) atoms. The molecule has 0 aliphatic rings. The van der Waals surface area contributed by atoms with Gasteiger partial charge in [0, 0.05) is 19.3 Å². The van der Waals surface area contributed by atoms with Crippen LogP contribution in [-0.4, -0.2) is 52.3 Å². The van der Waals surface area contributed by atoms with E-state index < -0.39 is 0 Å². The third-order valence-corrected chi connectivity index (χ3v) is 6.76. The van der Waals surface area contributed by atoms with Crippen LogP contribution >= 0.6 is 11.8 Å². The van der Waals surface area contributed by atoms with Gasteiger partial charge in [-0.1, -0.05) is 55.9 Å². The van der Waals surface area contributed by atoms with Gasteiger partial charge in [0.25, 0.3) is 5.56 Å². The molecule has 0 bridgehead atoms. The van der Waals surface area contributed by atoms with E-state index in [0.29, 0.717) is 22.6 Å². The number of amides is 1. The Labute approximate surface area is 194 Å². The topological polar surface area (TPSA) is 58.4 Å². The van der Waals surface area contributed by atoms with Crippen LogP contribution in [0, 0.1) is 0 Å². The maximum absolute atomic E-state index is 13.3. The van der Waals surface area contributed by atoms with Gasteiger partial charge >= 0.3 is 0 Å². The number of hydrogen-bond acceptors (Lipinski definition) is 5. The number of anilines is 1. The molecule has 0 saturated heterocycles. The van der Waals surface area contributed by atoms with Crippen molar-refractivity contribution in [1.29, 1.82) is 0 Å². The van der Waals surface area contributed by atoms with Gasteiger partial charge in [0.05, 0.1) is 16.2 Å². The molecule has 1 unspecified atom stereocenters. The summed E-state index contributed by atoms with van der Waals surface area (Å²) in [5.41, 5.74) is 1.46. The summed E-state index contributed by atoms with van der Waals surface area (Å²) < 4.78 is 1.74. The molecule has 1 heterocycles. The van der Waals surface area contributed by atoms with E-state index in [1.807, 2.05) is 61.5 Å². The summed E-state index contributed by atoms with van der Waals surface area (Å²) in [6.07, 6.45) is 0.849. The first-order valence-electron chi connectivity index (χ1n) is 11.2. The van der Waals surface area contributed by atoms with E-state index >= 15 is 0 Å². The van der Waals surface area contributed by atoms with E-state index in [9.17, 15) is 9.59 Å². The molecule has 0 N–H and O–H groups in total. The first kappa shape index (κ1) is 24.0. The van der Waals surface area contributed by atoms with Crippen molar-refractivity contribution < 1.29 is 4.79 Å². The summed E-state index contributed by atoms with van der Waals surface area (Å²) in [6.45, 7) is 9.62. The highest BCUT2D eigenvalue weighted by Gasteiger charge is 2.23. The molecule has 6 nitrogen and oxygen atoms in total. The molecule has 1 atom stereocenters. The summed E-state index contributed by atoms with van der Waals surface area (Å²) in [6, 6.07) is 17.0. The van der Waals surface area contributed by atoms with E-state index in [1.165, 1.54) is 11.8 Å². The quantitative estimate of drug-likeness (QED) is 0.340. The standard InChI is InChI=1S/C25H32N4O2S/c1-5-28(6-2)17-12-18-29-24(31)21-15-10-11-16-22(21)26-25(29)32-19(3)23(30)27(4)20-13-8-7-9-14-20/h7-11,13-16,19H,5-6,12,17-18H2,1-4H3. The van der Waals surface area contributed by atoms with Crippen molar-refractivity contribution in [3.05, 3.63) is 65.0 Å². The Bertz CT molecular complexity index is 1100. The number of rotatable bonds is 10. The first-order chi connectivity index (χ1) is 15.5. The van der Waals surface area contributed by atoms with E-state index in [1.54, 1.807) is 16.5 Å². The summed E-state index contributed by atoms with van der Waals surface area (Å²) in [5, 5.41) is 0.818. The molecule has 0 aliphatic carbocycles. The fraction of sp³-hybridized carbons (Fsp3) is 0.400. The largest absolute Gasteiger partial charge is 0.315 e. The molecule has 0 radical (unpaired) electrons. The van der Waals surface area contributed by atoms with E-state index in [-0.39, 0.29) is 16.7 Å². The highest BCUT2D eigenvalue weighted by Crippen LogP contribution is 2.25. The molecular formula is C25H32N4O2S. The zero-order valence-corrected chi connectivity index (χ0v) is 20.1. The second-order valence-electron chi connectivity index (χ2n) is 7.74. The normalized spacial score (nSPS) is 12.3. The van der Waals surface area contributed by atoms with E-state index in [2.05, 4.69) is 18.7 Å². The maximum Gasteiger partial charge on any atom is 0.262 e. The zero-order valence-electron chi connectivity index (χ0n) is 19.3. The van der Waals surface area contributed by atoms with Gasteiger partial charge in [-0.15, -0.1) is 0 Å². The molecule has 0 aliphatic heterocycles. The van der Waals surface area contributed by atoms with Gasteiger partial charge in [0.15, 0.2) is 5.16 Å². The Kier molecular flexibility index (Phi) is 8.47. The van der Waals surface area contributed by atoms with Crippen LogP contribution in [0.1, 0.15) is 27.2 Å². The minimum atomic E-state index is -0.387. The lowest BCUT2D eigenvalue weighted by molar-refractivity contribution is -0.117. The summed E-state index contributed by atoms with van der Waals surface area (Å²) in [4.78, 5) is 35.1. The van der Waals surface area contributed by atoms with Crippen LogP contribution in [0.2, 0.25) is 0 Å². The van der Waals surface area contributed by atoms with Crippen molar-refractivity contribution in [2.45, 2.75) is 44.1 Å². The molecule has 1 aromatic heterocycles. The molecular weight excluding hydrogens is 420 g/mol. The Morgan fingerprint density at radius 2 is 1.72 bits per heavy atom. The Morgan fingerprint density at radius 3 is 2.41 bits per heavy atom. The third kappa shape index (κ3) is 5.58. The number of carbonyl (C=O) groups is 1. The van der Waals surface area contributed by atoms with Crippen LogP contribution in [0.4, 0.5) is 5.69 Å². The van der Waals surface area contributed by atoms with Crippen LogP contribution in [0.15, 0.2) is 64.5 Å². The summed E-state index contributed by atoms with van der Waals surface area (Å²) in [7, 11) is 1.78. The van der Waals surface area contributed by atoms with Gasteiger partial charge in [-0.2, -0.15) is 0 Å². The van der Waals surface area contributed by atoms with Gasteiger partial charge in [-0.3, -0.25) is 14.2 Å². The molecule has 1 amide bonds. The molecule has 3 rings (SSSR count). The number of benzene rings is 2. The highest BCUT2D eigenvalue weighted by atomic mass is 32.2. The molecule has 7 heteroatoms. The van der Waals surface area contributed by atoms with Crippen LogP contribution < -0.4 is 10.5 Å². The van der Waals surface area contributed by atoms with Crippen molar-refractivity contribution in [3.8, 4) is 0 Å². The molecule has 170 valence electrons. The number of fused-ring (bicyclic) bond motifs is 1. The van der Waals surface area contributed by atoms with Crippen molar-refractivity contribution in [1.82, 2.24) is 14.5 Å². The van der Waals surface area contributed by atoms with Crippen LogP contribution in [0.5, 0.6) is 0 Å². The van der Waals surface area contributed by atoms with E-state index in [4.69, 9.17) is 4.98 Å². The second kappa shape index (κ2) is 11.3. The second-order valence-corrected chi connectivity index (χ2v) is 9.05. The van der Waals surface area contributed by atoms with Gasteiger partial charge < -0.3 is 9.80 Å². The zero-order chi connectivity index (χ0) is 23.1. The summed E-state index contributed by atoms with van der Waals surface area (Å²) in [5.74, 6) is -0.0294. The fourth-order valence-corrected chi connectivity index (χ4v) is 4.71. The predicted molar refractivity (Wildman–Crippen MR) is 134 cm³/mol. The van der Waals surface area contributed by atoms with Gasteiger partial charge in [-0.25, -0.2) is 4.98 Å². The average Bonchev–Trinajstić information content (AvgIpc) is 2.83. The minimum Gasteiger partial charge on any atom is -0.315 e. The lowest BCUT2D eigenvalue weighted by atomic mass is 10.2. The lowest BCUT2D eigenvalue weighted by Gasteiger charge is -2.22. The smallest absolute Gasteiger partial charge is 0.262 e. The number of thioether (sulfide) groups is 1. The fourth-order valence-electron chi connectivity index (χ4n) is 3.69. The van der Waals surface area contributed by atoms with Crippen molar-refractivity contribution in [3.63, 3.8) is 0 Å². The first-order valence-corrected chi connectivity index (χ1v) is 12.0. The van der Waals surface area contributed by atoms with Gasteiger partial charge in [0.2, 0.25) is 5.91 Å². The number of nitrogens with zero attached hydrogens (tertiary/aromatic N) is 4. The minimum absolute atomic E-state index is 0.0294. The molecule has 0 spiro atoms. The monoisotopic (exact) mass is 452 g/mol. The number of hydrogen-bond donors (Lipinski definition) is 0. The predicted octanol–water partition coefficient (Wildman–Crippen LogP) is 4.27. The molecule has 3 aromatic rings. The number of carbonyl (C=O) groups excluding carboxylic acids is 1. The van der Waals surface area contributed by atoms with E-state index in [0.717, 1.165) is 31.7 Å². The molecule has 0 saturated carbocycles.